The fraction of sp³-hybridized carbons (Fsp3) is 0.579. The Morgan fingerprint density at radius 1 is 1.12 bits per heavy atom. The molecule has 25 heavy (non-hydrogen) atoms. The van der Waals surface area contributed by atoms with Crippen molar-refractivity contribution < 1.29 is 14.3 Å². The van der Waals surface area contributed by atoms with Crippen LogP contribution in [0.4, 0.5) is 5.69 Å². The molecule has 2 saturated heterocycles. The fourth-order valence-corrected chi connectivity index (χ4v) is 3.55. The number of carbonyl (C=O) groups excluding carboxylic acids is 2. The summed E-state index contributed by atoms with van der Waals surface area (Å²) in [6.07, 6.45) is 0.755. The van der Waals surface area contributed by atoms with E-state index in [9.17, 15) is 9.59 Å². The van der Waals surface area contributed by atoms with Crippen molar-refractivity contribution in [2.75, 3.05) is 50.8 Å². The maximum Gasteiger partial charge on any atom is 0.246 e. The standard InChI is InChI=1S/C19H27N3O3/c1-3-17(20-10-12-25-13-11-20)19(24)21-8-9-22(18(23)14-21)16-6-4-15(2)5-7-16/h4-7,17H,3,8-14H2,1-2H3. The Hall–Kier alpha value is -1.92. The van der Waals surface area contributed by atoms with E-state index in [-0.39, 0.29) is 24.4 Å². The molecule has 0 aromatic heterocycles. The van der Waals surface area contributed by atoms with Crippen LogP contribution in [0.15, 0.2) is 24.3 Å². The number of rotatable bonds is 4. The first-order valence-electron chi connectivity index (χ1n) is 9.07. The van der Waals surface area contributed by atoms with Gasteiger partial charge in [0.2, 0.25) is 11.8 Å². The molecule has 0 radical (unpaired) electrons. The average Bonchev–Trinajstić information content (AvgIpc) is 2.64. The molecule has 0 N–H and O–H groups in total. The minimum atomic E-state index is -0.150. The molecule has 0 bridgehead atoms. The van der Waals surface area contributed by atoms with Crippen molar-refractivity contribution in [3.05, 3.63) is 29.8 Å². The number of benzene rings is 1. The van der Waals surface area contributed by atoms with Gasteiger partial charge in [-0.1, -0.05) is 24.6 Å². The van der Waals surface area contributed by atoms with Crippen LogP contribution in [0.2, 0.25) is 0 Å². The summed E-state index contributed by atoms with van der Waals surface area (Å²) in [7, 11) is 0. The second-order valence-corrected chi connectivity index (χ2v) is 6.71. The van der Waals surface area contributed by atoms with Gasteiger partial charge in [0.15, 0.2) is 0 Å². The monoisotopic (exact) mass is 345 g/mol. The maximum atomic E-state index is 12.9. The number of piperazine rings is 1. The Balaban J connectivity index is 1.64. The molecular formula is C19H27N3O3. The van der Waals surface area contributed by atoms with Gasteiger partial charge in [0.05, 0.1) is 19.3 Å². The number of carbonyl (C=O) groups is 2. The van der Waals surface area contributed by atoms with Crippen molar-refractivity contribution in [1.29, 1.82) is 0 Å². The van der Waals surface area contributed by atoms with Gasteiger partial charge in [-0.2, -0.15) is 0 Å². The van der Waals surface area contributed by atoms with E-state index in [1.54, 1.807) is 9.80 Å². The summed E-state index contributed by atoms with van der Waals surface area (Å²) in [5.74, 6) is 0.0570. The van der Waals surface area contributed by atoms with Crippen LogP contribution in [0.25, 0.3) is 0 Å². The third kappa shape index (κ3) is 4.02. The Labute approximate surface area is 149 Å². The first-order valence-corrected chi connectivity index (χ1v) is 9.07. The van der Waals surface area contributed by atoms with Crippen molar-refractivity contribution in [3.63, 3.8) is 0 Å². The molecule has 2 amide bonds. The van der Waals surface area contributed by atoms with Crippen LogP contribution in [-0.2, 0) is 14.3 Å². The van der Waals surface area contributed by atoms with Gasteiger partial charge < -0.3 is 14.5 Å². The van der Waals surface area contributed by atoms with Crippen LogP contribution in [0.1, 0.15) is 18.9 Å². The van der Waals surface area contributed by atoms with Gasteiger partial charge in [-0.15, -0.1) is 0 Å². The molecule has 0 spiro atoms. The molecule has 1 atom stereocenters. The van der Waals surface area contributed by atoms with Gasteiger partial charge in [-0.3, -0.25) is 14.5 Å². The number of hydrogen-bond acceptors (Lipinski definition) is 4. The largest absolute Gasteiger partial charge is 0.379 e. The Kier molecular flexibility index (Phi) is 5.71. The van der Waals surface area contributed by atoms with E-state index < -0.39 is 0 Å². The molecule has 3 rings (SSSR count). The van der Waals surface area contributed by atoms with E-state index >= 15 is 0 Å². The Morgan fingerprint density at radius 3 is 2.40 bits per heavy atom. The van der Waals surface area contributed by atoms with Crippen molar-refractivity contribution in [3.8, 4) is 0 Å². The molecule has 0 saturated carbocycles. The lowest BCUT2D eigenvalue weighted by Gasteiger charge is -2.39. The summed E-state index contributed by atoms with van der Waals surface area (Å²) in [6.45, 7) is 8.25. The highest BCUT2D eigenvalue weighted by Gasteiger charge is 2.34. The molecule has 6 heteroatoms. The predicted molar refractivity (Wildman–Crippen MR) is 96.6 cm³/mol. The Bertz CT molecular complexity index is 611. The SMILES string of the molecule is CCC(C(=O)N1CCN(c2ccc(C)cc2)C(=O)C1)N1CCOCC1. The van der Waals surface area contributed by atoms with Crippen LogP contribution in [0.5, 0.6) is 0 Å². The third-order valence-corrected chi connectivity index (χ3v) is 5.04. The smallest absolute Gasteiger partial charge is 0.246 e. The minimum Gasteiger partial charge on any atom is -0.379 e. The molecule has 136 valence electrons. The van der Waals surface area contributed by atoms with E-state index in [1.807, 2.05) is 38.1 Å². The molecule has 1 aromatic rings. The highest BCUT2D eigenvalue weighted by atomic mass is 16.5. The van der Waals surface area contributed by atoms with Crippen LogP contribution in [-0.4, -0.2) is 73.6 Å². The molecule has 2 aliphatic rings. The second kappa shape index (κ2) is 7.97. The molecular weight excluding hydrogens is 318 g/mol. The zero-order chi connectivity index (χ0) is 17.8. The number of hydrogen-bond donors (Lipinski definition) is 0. The summed E-state index contributed by atoms with van der Waals surface area (Å²) in [4.78, 5) is 31.2. The van der Waals surface area contributed by atoms with E-state index in [0.29, 0.717) is 26.3 Å². The van der Waals surface area contributed by atoms with Crippen molar-refractivity contribution in [2.45, 2.75) is 26.3 Å². The van der Waals surface area contributed by atoms with Gasteiger partial charge >= 0.3 is 0 Å². The normalized spacial score (nSPS) is 20.6. The number of ether oxygens (including phenoxy) is 1. The Morgan fingerprint density at radius 2 is 1.80 bits per heavy atom. The first-order chi connectivity index (χ1) is 12.1. The van der Waals surface area contributed by atoms with Gasteiger partial charge in [0, 0.05) is 31.9 Å². The van der Waals surface area contributed by atoms with Gasteiger partial charge in [0.1, 0.15) is 6.54 Å². The van der Waals surface area contributed by atoms with Crippen LogP contribution < -0.4 is 4.90 Å². The molecule has 1 aromatic carbocycles. The molecule has 6 nitrogen and oxygen atoms in total. The molecule has 2 aliphatic heterocycles. The molecule has 0 aliphatic carbocycles. The van der Waals surface area contributed by atoms with E-state index in [1.165, 1.54) is 5.56 Å². The van der Waals surface area contributed by atoms with Crippen molar-refractivity contribution in [2.24, 2.45) is 0 Å². The topological polar surface area (TPSA) is 53.1 Å². The van der Waals surface area contributed by atoms with Gasteiger partial charge in [0.25, 0.3) is 0 Å². The lowest BCUT2D eigenvalue weighted by Crippen LogP contribution is -2.58. The van der Waals surface area contributed by atoms with Crippen molar-refractivity contribution in [1.82, 2.24) is 9.80 Å². The van der Waals surface area contributed by atoms with Crippen LogP contribution in [0, 0.1) is 6.92 Å². The highest BCUT2D eigenvalue weighted by molar-refractivity contribution is 5.98. The summed E-state index contributed by atoms with van der Waals surface area (Å²) in [5, 5.41) is 0. The second-order valence-electron chi connectivity index (χ2n) is 6.71. The summed E-state index contributed by atoms with van der Waals surface area (Å²) >= 11 is 0. The third-order valence-electron chi connectivity index (χ3n) is 5.04. The van der Waals surface area contributed by atoms with Gasteiger partial charge in [-0.05, 0) is 25.5 Å². The average molecular weight is 345 g/mol. The van der Waals surface area contributed by atoms with Crippen LogP contribution in [0.3, 0.4) is 0 Å². The van der Waals surface area contributed by atoms with Crippen molar-refractivity contribution >= 4 is 17.5 Å². The molecule has 2 fully saturated rings. The van der Waals surface area contributed by atoms with E-state index in [2.05, 4.69) is 4.90 Å². The lowest BCUT2D eigenvalue weighted by molar-refractivity contribution is -0.143. The van der Waals surface area contributed by atoms with Crippen LogP contribution >= 0.6 is 0 Å². The lowest BCUT2D eigenvalue weighted by atomic mass is 10.1. The zero-order valence-electron chi connectivity index (χ0n) is 15.1. The number of anilines is 1. The van der Waals surface area contributed by atoms with Gasteiger partial charge in [-0.25, -0.2) is 0 Å². The summed E-state index contributed by atoms with van der Waals surface area (Å²) < 4.78 is 5.38. The minimum absolute atomic E-state index is 0.0136. The predicted octanol–water partition coefficient (Wildman–Crippen LogP) is 1.28. The molecule has 1 unspecified atom stereocenters. The molecule has 2 heterocycles. The number of nitrogens with zero attached hydrogens (tertiary/aromatic N) is 3. The number of morpholine rings is 1. The fourth-order valence-electron chi connectivity index (χ4n) is 3.55. The van der Waals surface area contributed by atoms with E-state index in [0.717, 1.165) is 25.2 Å². The number of aryl methyl sites for hydroxylation is 1. The zero-order valence-corrected chi connectivity index (χ0v) is 15.1. The highest BCUT2D eigenvalue weighted by Crippen LogP contribution is 2.19. The van der Waals surface area contributed by atoms with E-state index in [4.69, 9.17) is 4.74 Å². The summed E-state index contributed by atoms with van der Waals surface area (Å²) in [5.41, 5.74) is 2.07. The first kappa shape index (κ1) is 17.9. The maximum absolute atomic E-state index is 12.9. The number of amides is 2. The quantitative estimate of drug-likeness (QED) is 0.825. The summed E-state index contributed by atoms with van der Waals surface area (Å²) in [6, 6.07) is 7.79.